The maximum atomic E-state index is 11.6. The minimum absolute atomic E-state index is 0.0736. The van der Waals surface area contributed by atoms with Crippen LogP contribution in [-0.2, 0) is 4.79 Å². The smallest absolute Gasteiger partial charge is 0.227 e. The van der Waals surface area contributed by atoms with E-state index in [1.54, 1.807) is 12.1 Å². The van der Waals surface area contributed by atoms with Crippen molar-refractivity contribution in [3.8, 4) is 6.07 Å². The quantitative estimate of drug-likeness (QED) is 0.719. The molecule has 1 heterocycles. The topological polar surface area (TPSA) is 119 Å². The Morgan fingerprint density at radius 3 is 2.64 bits per heavy atom. The van der Waals surface area contributed by atoms with Gasteiger partial charge in [0.15, 0.2) is 0 Å². The number of hydrogen-bond acceptors (Lipinski definition) is 6. The molecule has 1 aromatic heterocycles. The van der Waals surface area contributed by atoms with Gasteiger partial charge in [0.1, 0.15) is 11.6 Å². The van der Waals surface area contributed by atoms with Gasteiger partial charge >= 0.3 is 0 Å². The second-order valence-electron chi connectivity index (χ2n) is 4.89. The molecule has 3 N–H and O–H groups in total. The summed E-state index contributed by atoms with van der Waals surface area (Å²) in [6.07, 6.45) is 3.45. The highest BCUT2D eigenvalue weighted by atomic mass is 16.2. The van der Waals surface area contributed by atoms with Gasteiger partial charge in [-0.3, -0.25) is 4.79 Å². The Balaban J connectivity index is 1.63. The van der Waals surface area contributed by atoms with Crippen LogP contribution in [-0.4, -0.2) is 26.5 Å². The average Bonchev–Trinajstić information content (AvgIpc) is 3.26. The van der Waals surface area contributed by atoms with E-state index in [2.05, 4.69) is 31.3 Å². The zero-order valence-corrected chi connectivity index (χ0v) is 11.6. The van der Waals surface area contributed by atoms with E-state index in [-0.39, 0.29) is 23.2 Å². The molecule has 8 heteroatoms. The molecular weight excluding hydrogens is 282 g/mol. The maximum Gasteiger partial charge on any atom is 0.227 e. The van der Waals surface area contributed by atoms with E-state index in [0.717, 1.165) is 24.2 Å². The van der Waals surface area contributed by atoms with E-state index in [9.17, 15) is 4.79 Å². The number of aromatic nitrogens is 4. The second-order valence-corrected chi connectivity index (χ2v) is 4.89. The lowest BCUT2D eigenvalue weighted by atomic mass is 10.2. The van der Waals surface area contributed by atoms with Crippen LogP contribution in [0.1, 0.15) is 18.7 Å². The number of nitriles is 1. The molecule has 110 valence electrons. The highest BCUT2D eigenvalue weighted by Gasteiger charge is 2.29. The summed E-state index contributed by atoms with van der Waals surface area (Å²) in [6, 6.07) is 9.21. The molecule has 0 spiro atoms. The van der Waals surface area contributed by atoms with E-state index >= 15 is 0 Å². The average molecular weight is 295 g/mol. The summed E-state index contributed by atoms with van der Waals surface area (Å²) in [5.74, 6) is 0.474. The SMILES string of the molecule is N#CC(=CNc1ccc(NC(=O)C2CC2)cc1)c1nn[nH]n1. The van der Waals surface area contributed by atoms with Crippen LogP contribution in [0.25, 0.3) is 5.57 Å². The second kappa shape index (κ2) is 6.05. The van der Waals surface area contributed by atoms with Crippen LogP contribution in [0, 0.1) is 17.2 Å². The number of benzene rings is 1. The first kappa shape index (κ1) is 13.8. The molecule has 1 aromatic carbocycles. The van der Waals surface area contributed by atoms with Gasteiger partial charge in [-0.15, -0.1) is 10.2 Å². The van der Waals surface area contributed by atoms with Crippen LogP contribution in [0.3, 0.4) is 0 Å². The standard InChI is InChI=1S/C14H13N7O/c15-7-10(13-18-20-21-19-13)8-16-11-3-5-12(6-4-11)17-14(22)9-1-2-9/h3-6,8-9,16H,1-2H2,(H,17,22)(H,18,19,20,21). The summed E-state index contributed by atoms with van der Waals surface area (Å²) < 4.78 is 0. The first-order valence-corrected chi connectivity index (χ1v) is 6.78. The molecule has 0 atom stereocenters. The minimum atomic E-state index is 0.0736. The molecule has 3 rings (SSSR count). The van der Waals surface area contributed by atoms with Gasteiger partial charge in [0.05, 0.1) is 0 Å². The summed E-state index contributed by atoms with van der Waals surface area (Å²) in [6.45, 7) is 0. The normalized spacial score (nSPS) is 14.2. The minimum Gasteiger partial charge on any atom is -0.360 e. The van der Waals surface area contributed by atoms with Crippen LogP contribution in [0.4, 0.5) is 11.4 Å². The zero-order valence-electron chi connectivity index (χ0n) is 11.6. The van der Waals surface area contributed by atoms with Gasteiger partial charge < -0.3 is 10.6 Å². The monoisotopic (exact) mass is 295 g/mol. The molecule has 0 saturated heterocycles. The van der Waals surface area contributed by atoms with Crippen LogP contribution in [0.2, 0.25) is 0 Å². The van der Waals surface area contributed by atoms with Crippen molar-refractivity contribution in [1.82, 2.24) is 20.6 Å². The van der Waals surface area contributed by atoms with Crippen molar-refractivity contribution in [2.75, 3.05) is 10.6 Å². The Morgan fingerprint density at radius 1 is 1.32 bits per heavy atom. The molecule has 22 heavy (non-hydrogen) atoms. The summed E-state index contributed by atoms with van der Waals surface area (Å²) in [5.41, 5.74) is 1.80. The molecule has 2 aromatic rings. The maximum absolute atomic E-state index is 11.6. The number of rotatable bonds is 5. The lowest BCUT2D eigenvalue weighted by Crippen LogP contribution is -2.13. The number of carbonyl (C=O) groups is 1. The molecule has 1 aliphatic carbocycles. The fraction of sp³-hybridized carbons (Fsp3) is 0.214. The van der Waals surface area contributed by atoms with Crippen molar-refractivity contribution in [2.45, 2.75) is 12.8 Å². The Hall–Kier alpha value is -3.21. The molecule has 0 bridgehead atoms. The fourth-order valence-corrected chi connectivity index (χ4v) is 1.82. The van der Waals surface area contributed by atoms with Gasteiger partial charge in [-0.25, -0.2) is 0 Å². The Labute approximate surface area is 126 Å². The molecule has 1 aliphatic rings. The third-order valence-electron chi connectivity index (χ3n) is 3.19. The Kier molecular flexibility index (Phi) is 3.78. The number of nitrogens with zero attached hydrogens (tertiary/aromatic N) is 4. The Morgan fingerprint density at radius 2 is 2.05 bits per heavy atom. The lowest BCUT2D eigenvalue weighted by molar-refractivity contribution is -0.117. The van der Waals surface area contributed by atoms with E-state index in [0.29, 0.717) is 0 Å². The van der Waals surface area contributed by atoms with Crippen LogP contribution < -0.4 is 10.6 Å². The van der Waals surface area contributed by atoms with Crippen LogP contribution >= 0.6 is 0 Å². The number of aromatic amines is 1. The van der Waals surface area contributed by atoms with Crippen molar-refractivity contribution in [1.29, 1.82) is 5.26 Å². The summed E-state index contributed by atoms with van der Waals surface area (Å²) in [7, 11) is 0. The largest absolute Gasteiger partial charge is 0.360 e. The fourth-order valence-electron chi connectivity index (χ4n) is 1.82. The van der Waals surface area contributed by atoms with Gasteiger partial charge in [-0.05, 0) is 42.3 Å². The Bertz CT molecular complexity index is 724. The number of H-pyrrole nitrogens is 1. The number of tetrazole rings is 1. The van der Waals surface area contributed by atoms with E-state index < -0.39 is 0 Å². The molecule has 0 unspecified atom stereocenters. The predicted molar refractivity (Wildman–Crippen MR) is 79.2 cm³/mol. The van der Waals surface area contributed by atoms with Gasteiger partial charge in [0.2, 0.25) is 11.7 Å². The highest BCUT2D eigenvalue weighted by Crippen LogP contribution is 2.30. The number of nitrogens with one attached hydrogen (secondary N) is 3. The molecule has 0 radical (unpaired) electrons. The number of amides is 1. The summed E-state index contributed by atoms with van der Waals surface area (Å²) in [4.78, 5) is 11.6. The van der Waals surface area contributed by atoms with Crippen molar-refractivity contribution >= 4 is 22.9 Å². The number of hydrogen-bond donors (Lipinski definition) is 3. The van der Waals surface area contributed by atoms with Gasteiger partial charge in [-0.2, -0.15) is 10.5 Å². The number of carbonyl (C=O) groups excluding carboxylic acids is 1. The van der Waals surface area contributed by atoms with Gasteiger partial charge in [0.25, 0.3) is 0 Å². The molecule has 0 aliphatic heterocycles. The molecule has 8 nitrogen and oxygen atoms in total. The van der Waals surface area contributed by atoms with Crippen molar-refractivity contribution < 1.29 is 4.79 Å². The first-order valence-electron chi connectivity index (χ1n) is 6.78. The number of allylic oxidation sites excluding steroid dienone is 1. The predicted octanol–water partition coefficient (Wildman–Crippen LogP) is 1.52. The van der Waals surface area contributed by atoms with E-state index in [4.69, 9.17) is 5.26 Å². The van der Waals surface area contributed by atoms with Gasteiger partial charge in [-0.1, -0.05) is 0 Å². The zero-order chi connectivity index (χ0) is 15.4. The van der Waals surface area contributed by atoms with Crippen molar-refractivity contribution in [3.05, 3.63) is 36.3 Å². The molecule has 1 fully saturated rings. The molecule has 1 saturated carbocycles. The van der Waals surface area contributed by atoms with E-state index in [1.165, 1.54) is 6.20 Å². The highest BCUT2D eigenvalue weighted by molar-refractivity contribution is 5.94. The van der Waals surface area contributed by atoms with Crippen LogP contribution in [0.15, 0.2) is 30.5 Å². The van der Waals surface area contributed by atoms with Crippen LogP contribution in [0.5, 0.6) is 0 Å². The van der Waals surface area contributed by atoms with E-state index in [1.807, 2.05) is 18.2 Å². The third kappa shape index (κ3) is 3.27. The lowest BCUT2D eigenvalue weighted by Gasteiger charge is -2.06. The molecular formula is C14H13N7O. The van der Waals surface area contributed by atoms with Crippen molar-refractivity contribution in [2.24, 2.45) is 5.92 Å². The summed E-state index contributed by atoms with van der Waals surface area (Å²) in [5, 5.41) is 28.1. The van der Waals surface area contributed by atoms with Crippen molar-refractivity contribution in [3.63, 3.8) is 0 Å². The first-order chi connectivity index (χ1) is 10.8. The number of anilines is 2. The van der Waals surface area contributed by atoms with Gasteiger partial charge in [0, 0.05) is 23.5 Å². The third-order valence-corrected chi connectivity index (χ3v) is 3.19. The summed E-state index contributed by atoms with van der Waals surface area (Å²) >= 11 is 0. The molecule has 1 amide bonds.